The van der Waals surface area contributed by atoms with E-state index in [2.05, 4.69) is 36.2 Å². The first-order valence-corrected chi connectivity index (χ1v) is 8.46. The number of hydrogen-bond acceptors (Lipinski definition) is 3. The molecule has 1 fully saturated rings. The van der Waals surface area contributed by atoms with Gasteiger partial charge in [-0.3, -0.25) is 4.90 Å². The van der Waals surface area contributed by atoms with Gasteiger partial charge in [0.15, 0.2) is 0 Å². The third-order valence-corrected chi connectivity index (χ3v) is 4.98. The predicted octanol–water partition coefficient (Wildman–Crippen LogP) is 3.24. The summed E-state index contributed by atoms with van der Waals surface area (Å²) in [6, 6.07) is 5.31. The number of benzene rings is 1. The number of ether oxygens (including phenoxy) is 1. The van der Waals surface area contributed by atoms with Crippen LogP contribution in [0.15, 0.2) is 12.1 Å². The van der Waals surface area contributed by atoms with Crippen LogP contribution in [0.2, 0.25) is 5.02 Å². The van der Waals surface area contributed by atoms with Crippen LogP contribution in [-0.2, 0) is 13.0 Å². The lowest BCUT2D eigenvalue weighted by molar-refractivity contribution is 0.192. The van der Waals surface area contributed by atoms with E-state index < -0.39 is 0 Å². The minimum atomic E-state index is 0.586. The summed E-state index contributed by atoms with van der Waals surface area (Å²) in [4.78, 5) is 2.57. The number of nitrogens with zero attached hydrogens (tertiary/aromatic N) is 1. The monoisotopic (exact) mass is 308 g/mol. The quantitative estimate of drug-likeness (QED) is 0.928. The van der Waals surface area contributed by atoms with Crippen molar-refractivity contribution < 1.29 is 4.74 Å². The molecule has 0 radical (unpaired) electrons. The Kier molecular flexibility index (Phi) is 4.72. The summed E-state index contributed by atoms with van der Waals surface area (Å²) >= 11 is 6.28. The van der Waals surface area contributed by atoms with E-state index in [1.165, 1.54) is 24.0 Å². The van der Waals surface area contributed by atoms with Gasteiger partial charge in [-0.1, -0.05) is 18.5 Å². The van der Waals surface area contributed by atoms with Crippen LogP contribution in [0.4, 0.5) is 0 Å². The maximum Gasteiger partial charge on any atom is 0.127 e. The first-order chi connectivity index (χ1) is 10.2. The van der Waals surface area contributed by atoms with Crippen molar-refractivity contribution in [2.24, 2.45) is 0 Å². The summed E-state index contributed by atoms with van der Waals surface area (Å²) in [6.07, 6.45) is 3.35. The molecule has 1 N–H and O–H groups in total. The Balaban J connectivity index is 1.81. The molecule has 2 aliphatic heterocycles. The van der Waals surface area contributed by atoms with Crippen LogP contribution in [0, 0.1) is 0 Å². The van der Waals surface area contributed by atoms with E-state index in [0.717, 1.165) is 43.4 Å². The van der Waals surface area contributed by atoms with E-state index in [1.807, 2.05) is 0 Å². The molecule has 2 heterocycles. The number of halogens is 1. The van der Waals surface area contributed by atoms with Crippen molar-refractivity contribution >= 4 is 11.6 Å². The minimum Gasteiger partial charge on any atom is -0.493 e. The number of rotatable bonds is 3. The van der Waals surface area contributed by atoms with Gasteiger partial charge in [0.25, 0.3) is 0 Å². The molecule has 0 bridgehead atoms. The summed E-state index contributed by atoms with van der Waals surface area (Å²) in [5, 5.41) is 4.48. The summed E-state index contributed by atoms with van der Waals surface area (Å²) in [6.45, 7) is 8.51. The Morgan fingerprint density at radius 2 is 2.29 bits per heavy atom. The average molecular weight is 309 g/mol. The minimum absolute atomic E-state index is 0.586. The lowest BCUT2D eigenvalue weighted by Crippen LogP contribution is -2.39. The fraction of sp³-hybridized carbons (Fsp3) is 0.647. The van der Waals surface area contributed by atoms with Gasteiger partial charge < -0.3 is 10.1 Å². The van der Waals surface area contributed by atoms with Gasteiger partial charge in [-0.25, -0.2) is 0 Å². The predicted molar refractivity (Wildman–Crippen MR) is 87.2 cm³/mol. The van der Waals surface area contributed by atoms with Crippen molar-refractivity contribution in [3.8, 4) is 5.75 Å². The number of hydrogen-bond donors (Lipinski definition) is 1. The van der Waals surface area contributed by atoms with Gasteiger partial charge in [0, 0.05) is 42.2 Å². The van der Waals surface area contributed by atoms with Gasteiger partial charge in [-0.2, -0.15) is 0 Å². The largest absolute Gasteiger partial charge is 0.493 e. The van der Waals surface area contributed by atoms with Crippen LogP contribution >= 0.6 is 11.6 Å². The lowest BCUT2D eigenvalue weighted by atomic mass is 10.1. The van der Waals surface area contributed by atoms with Gasteiger partial charge in [0.1, 0.15) is 5.75 Å². The van der Waals surface area contributed by atoms with Crippen LogP contribution in [0.25, 0.3) is 0 Å². The summed E-state index contributed by atoms with van der Waals surface area (Å²) in [5.41, 5.74) is 2.52. The normalized spacial score (nSPS) is 26.2. The average Bonchev–Trinajstić information content (AvgIpc) is 2.85. The maximum atomic E-state index is 6.28. The molecule has 2 unspecified atom stereocenters. The van der Waals surface area contributed by atoms with Gasteiger partial charge in [0.05, 0.1) is 6.61 Å². The highest BCUT2D eigenvalue weighted by atomic mass is 35.5. The van der Waals surface area contributed by atoms with Crippen LogP contribution in [0.5, 0.6) is 5.75 Å². The zero-order chi connectivity index (χ0) is 14.8. The SMILES string of the molecule is CCC1CN(Cc2cc(Cl)cc3c2OCC3)C(C)CCN1. The molecule has 2 aliphatic rings. The van der Waals surface area contributed by atoms with E-state index in [0.29, 0.717) is 12.1 Å². The Morgan fingerprint density at radius 1 is 1.43 bits per heavy atom. The number of nitrogens with one attached hydrogen (secondary N) is 1. The third-order valence-electron chi connectivity index (χ3n) is 4.76. The molecular formula is C17H25ClN2O. The van der Waals surface area contributed by atoms with Gasteiger partial charge in [-0.05, 0) is 44.0 Å². The summed E-state index contributed by atoms with van der Waals surface area (Å²) in [5.74, 6) is 1.08. The van der Waals surface area contributed by atoms with Crippen molar-refractivity contribution in [3.05, 3.63) is 28.3 Å². The third kappa shape index (κ3) is 3.36. The van der Waals surface area contributed by atoms with E-state index in [1.54, 1.807) is 0 Å². The van der Waals surface area contributed by atoms with E-state index in [4.69, 9.17) is 16.3 Å². The van der Waals surface area contributed by atoms with E-state index in [9.17, 15) is 0 Å². The molecule has 2 atom stereocenters. The smallest absolute Gasteiger partial charge is 0.127 e. The Bertz CT molecular complexity index is 506. The number of fused-ring (bicyclic) bond motifs is 1. The van der Waals surface area contributed by atoms with Crippen LogP contribution in [-0.4, -0.2) is 36.7 Å². The fourth-order valence-corrected chi connectivity index (χ4v) is 3.65. The molecule has 1 aromatic carbocycles. The van der Waals surface area contributed by atoms with Crippen molar-refractivity contribution in [3.63, 3.8) is 0 Å². The zero-order valence-corrected chi connectivity index (χ0v) is 13.7. The molecule has 0 spiro atoms. The maximum absolute atomic E-state index is 6.28. The molecule has 3 nitrogen and oxygen atoms in total. The fourth-order valence-electron chi connectivity index (χ4n) is 3.38. The highest BCUT2D eigenvalue weighted by molar-refractivity contribution is 6.30. The van der Waals surface area contributed by atoms with Crippen molar-refractivity contribution in [1.82, 2.24) is 10.2 Å². The Labute approximate surface area is 132 Å². The van der Waals surface area contributed by atoms with Crippen LogP contribution < -0.4 is 10.1 Å². The molecule has 3 rings (SSSR count). The topological polar surface area (TPSA) is 24.5 Å². The van der Waals surface area contributed by atoms with Gasteiger partial charge >= 0.3 is 0 Å². The van der Waals surface area contributed by atoms with Gasteiger partial charge in [-0.15, -0.1) is 0 Å². The standard InChI is InChI=1S/C17H25ClN2O/c1-3-16-11-20(12(2)4-6-19-16)10-14-9-15(18)8-13-5-7-21-17(13)14/h8-9,12,16,19H,3-7,10-11H2,1-2H3. The van der Waals surface area contributed by atoms with Crippen molar-refractivity contribution in [2.45, 2.75) is 51.7 Å². The molecule has 116 valence electrons. The first-order valence-electron chi connectivity index (χ1n) is 8.09. The highest BCUT2D eigenvalue weighted by Gasteiger charge is 2.25. The highest BCUT2D eigenvalue weighted by Crippen LogP contribution is 2.34. The second-order valence-corrected chi connectivity index (χ2v) is 6.71. The lowest BCUT2D eigenvalue weighted by Gasteiger charge is -2.29. The second-order valence-electron chi connectivity index (χ2n) is 6.28. The van der Waals surface area contributed by atoms with E-state index in [-0.39, 0.29) is 0 Å². The zero-order valence-electron chi connectivity index (χ0n) is 13.0. The molecule has 0 aromatic heterocycles. The second kappa shape index (κ2) is 6.55. The molecule has 1 saturated heterocycles. The molecule has 4 heteroatoms. The van der Waals surface area contributed by atoms with Gasteiger partial charge in [0.2, 0.25) is 0 Å². The molecule has 21 heavy (non-hydrogen) atoms. The first kappa shape index (κ1) is 15.1. The molecule has 0 aliphatic carbocycles. The van der Waals surface area contributed by atoms with Crippen LogP contribution in [0.3, 0.4) is 0 Å². The van der Waals surface area contributed by atoms with Crippen LogP contribution in [0.1, 0.15) is 37.8 Å². The summed E-state index contributed by atoms with van der Waals surface area (Å²) in [7, 11) is 0. The molecule has 0 amide bonds. The van der Waals surface area contributed by atoms with Crippen molar-refractivity contribution in [1.29, 1.82) is 0 Å². The summed E-state index contributed by atoms with van der Waals surface area (Å²) < 4.78 is 5.84. The van der Waals surface area contributed by atoms with Crippen molar-refractivity contribution in [2.75, 3.05) is 19.7 Å². The molecule has 1 aromatic rings. The Morgan fingerprint density at radius 3 is 3.10 bits per heavy atom. The molecular weight excluding hydrogens is 284 g/mol. The molecule has 0 saturated carbocycles. The van der Waals surface area contributed by atoms with E-state index >= 15 is 0 Å². The Hall–Kier alpha value is -0.770.